The molecule has 47 heavy (non-hydrogen) atoms. The molecular weight excluding hydrogens is 605 g/mol. The SMILES string of the molecule is N#CC(C#N)=C1C(c2cc(C#N)c(C#N)cc2F)=C(C#N)c2c1cc1c(c2F)C(=C(C#N)C#N)C(c2cc(F)ncc2C#N)=C1C#N. The maximum absolute atomic E-state index is 17.1. The molecule has 0 bridgehead atoms. The highest BCUT2D eigenvalue weighted by Crippen LogP contribution is 2.56. The Morgan fingerprint density at radius 2 is 1.06 bits per heavy atom. The molecular formula is C34H5F3N10. The molecule has 1 heterocycles. The van der Waals surface area contributed by atoms with Gasteiger partial charge in [-0.2, -0.15) is 51.7 Å². The number of nitriles is 9. The molecule has 0 atom stereocenters. The molecule has 0 saturated heterocycles. The largest absolute Gasteiger partial charge is 0.227 e. The Morgan fingerprint density at radius 1 is 0.511 bits per heavy atom. The Kier molecular flexibility index (Phi) is 7.36. The van der Waals surface area contributed by atoms with E-state index in [1.54, 1.807) is 48.6 Å². The number of aromatic nitrogens is 1. The van der Waals surface area contributed by atoms with Crippen LogP contribution in [0, 0.1) is 120 Å². The molecule has 0 amide bonds. The van der Waals surface area contributed by atoms with E-state index < -0.39 is 73.3 Å². The summed E-state index contributed by atoms with van der Waals surface area (Å²) < 4.78 is 47.0. The molecule has 10 nitrogen and oxygen atoms in total. The summed E-state index contributed by atoms with van der Waals surface area (Å²) in [5.74, 6) is -3.60. The Labute approximate surface area is 262 Å². The summed E-state index contributed by atoms with van der Waals surface area (Å²) in [6, 6.07) is 18.6. The van der Waals surface area contributed by atoms with Gasteiger partial charge in [-0.05, 0) is 23.8 Å². The average Bonchev–Trinajstić information content (AvgIpc) is 3.58. The van der Waals surface area contributed by atoms with E-state index in [-0.39, 0.29) is 39.0 Å². The van der Waals surface area contributed by atoms with Crippen molar-refractivity contribution >= 4 is 33.4 Å². The quantitative estimate of drug-likeness (QED) is 0.257. The molecule has 0 saturated carbocycles. The van der Waals surface area contributed by atoms with Crippen LogP contribution < -0.4 is 0 Å². The van der Waals surface area contributed by atoms with Gasteiger partial charge in [-0.3, -0.25) is 0 Å². The van der Waals surface area contributed by atoms with E-state index in [4.69, 9.17) is 0 Å². The molecule has 13 heteroatoms. The van der Waals surface area contributed by atoms with Gasteiger partial charge in [0.2, 0.25) is 5.95 Å². The van der Waals surface area contributed by atoms with Crippen LogP contribution in [-0.2, 0) is 0 Å². The van der Waals surface area contributed by atoms with Crippen LogP contribution in [-0.4, -0.2) is 4.98 Å². The van der Waals surface area contributed by atoms with Crippen molar-refractivity contribution < 1.29 is 13.2 Å². The molecule has 2 aromatic carbocycles. The predicted octanol–water partition coefficient (Wildman–Crippen LogP) is 5.61. The van der Waals surface area contributed by atoms with Gasteiger partial charge < -0.3 is 0 Å². The second kappa shape index (κ2) is 11.4. The van der Waals surface area contributed by atoms with Gasteiger partial charge in [0.05, 0.1) is 27.8 Å². The van der Waals surface area contributed by atoms with Crippen LogP contribution in [0.15, 0.2) is 41.6 Å². The van der Waals surface area contributed by atoms with Gasteiger partial charge in [-0.15, -0.1) is 0 Å². The zero-order valence-corrected chi connectivity index (χ0v) is 23.0. The number of nitrogens with zero attached hydrogens (tertiary/aromatic N) is 10. The lowest BCUT2D eigenvalue weighted by Crippen LogP contribution is -2.01. The van der Waals surface area contributed by atoms with E-state index in [1.807, 2.05) is 6.07 Å². The van der Waals surface area contributed by atoms with E-state index in [9.17, 15) is 51.7 Å². The Hall–Kier alpha value is -8.25. The fraction of sp³-hybridized carbons (Fsp3) is 0. The first-order valence-electron chi connectivity index (χ1n) is 12.7. The van der Waals surface area contributed by atoms with Crippen molar-refractivity contribution in [2.24, 2.45) is 0 Å². The Morgan fingerprint density at radius 3 is 1.62 bits per heavy atom. The summed E-state index contributed by atoms with van der Waals surface area (Å²) in [4.78, 5) is 3.40. The van der Waals surface area contributed by atoms with Gasteiger partial charge >= 0.3 is 0 Å². The molecule has 2 aliphatic carbocycles. The van der Waals surface area contributed by atoms with Gasteiger partial charge in [0.1, 0.15) is 77.4 Å². The molecule has 5 rings (SSSR count). The summed E-state index contributed by atoms with van der Waals surface area (Å²) in [5.41, 5.74) is -8.01. The highest BCUT2D eigenvalue weighted by atomic mass is 19.1. The number of hydrogen-bond donors (Lipinski definition) is 0. The third-order valence-electron chi connectivity index (χ3n) is 7.35. The molecule has 0 spiro atoms. The number of hydrogen-bond acceptors (Lipinski definition) is 10. The fourth-order valence-corrected chi connectivity index (χ4v) is 5.53. The highest BCUT2D eigenvalue weighted by molar-refractivity contribution is 6.30. The summed E-state index contributed by atoms with van der Waals surface area (Å²) in [7, 11) is 0. The van der Waals surface area contributed by atoms with E-state index >= 15 is 8.78 Å². The summed E-state index contributed by atoms with van der Waals surface area (Å²) >= 11 is 0. The minimum Gasteiger partial charge on any atom is -0.227 e. The minimum atomic E-state index is -1.33. The number of halogens is 3. The van der Waals surface area contributed by atoms with Crippen molar-refractivity contribution in [2.45, 2.75) is 0 Å². The molecule has 0 radical (unpaired) electrons. The minimum absolute atomic E-state index is 0.302. The van der Waals surface area contributed by atoms with Crippen molar-refractivity contribution in [3.8, 4) is 54.6 Å². The maximum atomic E-state index is 17.1. The summed E-state index contributed by atoms with van der Waals surface area (Å²) in [6.45, 7) is 0. The van der Waals surface area contributed by atoms with Crippen molar-refractivity contribution in [3.05, 3.63) is 109 Å². The molecule has 0 aliphatic heterocycles. The van der Waals surface area contributed by atoms with Gasteiger partial charge in [-0.1, -0.05) is 0 Å². The number of benzene rings is 2. The summed E-state index contributed by atoms with van der Waals surface area (Å²) in [6.07, 6.45) is 0.833. The lowest BCUT2D eigenvalue weighted by molar-refractivity contribution is 0.583. The van der Waals surface area contributed by atoms with E-state index in [1.165, 1.54) is 0 Å². The standard InChI is InChI=1S/C34H5F3N10/c35-26-2-16(6-39)15(5-38)1-22(26)31-25(13-46)32-23(28(31)17(7-40)8-41)3-21-24(12-45)30(20-4-27(36)47-14-19(20)11-44)29(18(9-42)10-43)33(21)34(32)37/h1-4,14H. The van der Waals surface area contributed by atoms with E-state index in [0.29, 0.717) is 6.07 Å². The van der Waals surface area contributed by atoms with Crippen molar-refractivity contribution in [1.29, 1.82) is 47.4 Å². The van der Waals surface area contributed by atoms with E-state index in [0.717, 1.165) is 24.4 Å². The molecule has 212 valence electrons. The molecule has 1 aromatic heterocycles. The van der Waals surface area contributed by atoms with Crippen molar-refractivity contribution in [1.82, 2.24) is 4.98 Å². The van der Waals surface area contributed by atoms with Crippen LogP contribution in [0.25, 0.3) is 33.4 Å². The fourth-order valence-electron chi connectivity index (χ4n) is 5.53. The second-order valence-corrected chi connectivity index (χ2v) is 9.47. The first-order chi connectivity index (χ1) is 22.7. The monoisotopic (exact) mass is 610 g/mol. The van der Waals surface area contributed by atoms with Gasteiger partial charge in [0.15, 0.2) is 0 Å². The Balaban J connectivity index is 2.02. The van der Waals surface area contributed by atoms with Gasteiger partial charge in [0, 0.05) is 62.4 Å². The topological polar surface area (TPSA) is 227 Å². The molecule has 2 aliphatic rings. The lowest BCUT2D eigenvalue weighted by Gasteiger charge is -2.13. The number of pyridine rings is 1. The van der Waals surface area contributed by atoms with Crippen LogP contribution in [0.2, 0.25) is 0 Å². The molecule has 0 unspecified atom stereocenters. The third-order valence-corrected chi connectivity index (χ3v) is 7.35. The first kappa shape index (κ1) is 30.2. The third kappa shape index (κ3) is 4.23. The zero-order chi connectivity index (χ0) is 34.2. The molecule has 0 N–H and O–H groups in total. The van der Waals surface area contributed by atoms with Crippen LogP contribution in [0.4, 0.5) is 13.2 Å². The van der Waals surface area contributed by atoms with Gasteiger partial charge in [0.25, 0.3) is 0 Å². The Bertz CT molecular complexity index is 2560. The van der Waals surface area contributed by atoms with Crippen LogP contribution in [0.3, 0.4) is 0 Å². The van der Waals surface area contributed by atoms with Gasteiger partial charge in [-0.25, -0.2) is 13.8 Å². The van der Waals surface area contributed by atoms with Crippen LogP contribution in [0.5, 0.6) is 0 Å². The molecule has 0 fully saturated rings. The predicted molar refractivity (Wildman–Crippen MR) is 152 cm³/mol. The van der Waals surface area contributed by atoms with Crippen LogP contribution in [0.1, 0.15) is 50.1 Å². The maximum Gasteiger partial charge on any atom is 0.213 e. The highest BCUT2D eigenvalue weighted by Gasteiger charge is 2.41. The smallest absolute Gasteiger partial charge is 0.213 e. The van der Waals surface area contributed by atoms with Crippen molar-refractivity contribution in [3.63, 3.8) is 0 Å². The first-order valence-corrected chi connectivity index (χ1v) is 12.7. The number of rotatable bonds is 2. The molecule has 3 aromatic rings. The zero-order valence-electron chi connectivity index (χ0n) is 23.0. The number of fused-ring (bicyclic) bond motifs is 2. The second-order valence-electron chi connectivity index (χ2n) is 9.47. The van der Waals surface area contributed by atoms with Crippen LogP contribution >= 0.6 is 0 Å². The van der Waals surface area contributed by atoms with Crippen molar-refractivity contribution in [2.75, 3.05) is 0 Å². The lowest BCUT2D eigenvalue weighted by atomic mass is 9.88. The van der Waals surface area contributed by atoms with E-state index in [2.05, 4.69) is 4.98 Å². The number of allylic oxidation sites excluding steroid dienone is 8. The average molecular weight is 610 g/mol. The summed E-state index contributed by atoms with van der Waals surface area (Å²) in [5, 5.41) is 88.6. The normalized spacial score (nSPS) is 12.1.